The van der Waals surface area contributed by atoms with Crippen molar-refractivity contribution in [2.75, 3.05) is 0 Å². The first kappa shape index (κ1) is 9.28. The van der Waals surface area contributed by atoms with Crippen LogP contribution in [-0.4, -0.2) is 8.76 Å². The molecule has 0 aliphatic rings. The fourth-order valence-corrected chi connectivity index (χ4v) is 1.18. The lowest BCUT2D eigenvalue weighted by Gasteiger charge is -2.03. The van der Waals surface area contributed by atoms with Crippen LogP contribution in [0.1, 0.15) is 11.1 Å². The topological polar surface area (TPSA) is 37.3 Å². The molecule has 1 aromatic rings. The third-order valence-electron chi connectivity index (χ3n) is 1.33. The van der Waals surface area contributed by atoms with Gasteiger partial charge < -0.3 is 4.55 Å². The van der Waals surface area contributed by atoms with Gasteiger partial charge in [0.2, 0.25) is 5.50 Å². The molecule has 2 nitrogen and oxygen atoms in total. The molecule has 5 heteroatoms. The first-order valence-electron chi connectivity index (χ1n) is 3.11. The number of hydrogen-bond donors (Lipinski definition) is 1. The maximum Gasteiger partial charge on any atom is 0.228 e. The van der Waals surface area contributed by atoms with Crippen molar-refractivity contribution in [1.82, 2.24) is 0 Å². The summed E-state index contributed by atoms with van der Waals surface area (Å²) >= 11 is -2.68. The Bertz CT molecular complexity index is 303. The Morgan fingerprint density at radius 3 is 2.50 bits per heavy atom. The number of halogens is 2. The smallest absolute Gasteiger partial charge is 0.228 e. The van der Waals surface area contributed by atoms with Gasteiger partial charge in [0, 0.05) is 5.56 Å². The Balaban J connectivity index is 3.02. The average Bonchev–Trinajstić information content (AvgIpc) is 2.04. The highest BCUT2D eigenvalue weighted by atomic mass is 32.2. The SMILES string of the molecule is O=S(O)C(F)c1ccccc1F. The molecule has 0 spiro atoms. The molecule has 0 saturated heterocycles. The van der Waals surface area contributed by atoms with Gasteiger partial charge >= 0.3 is 0 Å². The van der Waals surface area contributed by atoms with E-state index in [1.807, 2.05) is 0 Å². The van der Waals surface area contributed by atoms with Crippen LogP contribution in [0.3, 0.4) is 0 Å². The van der Waals surface area contributed by atoms with Gasteiger partial charge in [-0.3, -0.25) is 0 Å². The molecule has 12 heavy (non-hydrogen) atoms. The molecule has 0 aromatic heterocycles. The van der Waals surface area contributed by atoms with E-state index in [0.29, 0.717) is 0 Å². The van der Waals surface area contributed by atoms with E-state index >= 15 is 0 Å². The second-order valence-corrected chi connectivity index (χ2v) is 3.08. The summed E-state index contributed by atoms with van der Waals surface area (Å²) < 4.78 is 44.0. The molecule has 1 rings (SSSR count). The largest absolute Gasteiger partial charge is 0.304 e. The lowest BCUT2D eigenvalue weighted by Crippen LogP contribution is -2.01. The van der Waals surface area contributed by atoms with Gasteiger partial charge in [0.25, 0.3) is 0 Å². The predicted molar refractivity (Wildman–Crippen MR) is 41.0 cm³/mol. The molecule has 0 aliphatic heterocycles. The quantitative estimate of drug-likeness (QED) is 0.728. The van der Waals surface area contributed by atoms with E-state index < -0.39 is 28.0 Å². The minimum Gasteiger partial charge on any atom is -0.304 e. The van der Waals surface area contributed by atoms with E-state index in [9.17, 15) is 13.0 Å². The molecule has 0 heterocycles. The molecule has 1 N–H and O–H groups in total. The molecule has 0 fully saturated rings. The molecule has 0 bridgehead atoms. The van der Waals surface area contributed by atoms with Crippen molar-refractivity contribution in [3.05, 3.63) is 35.6 Å². The van der Waals surface area contributed by atoms with E-state index in [0.717, 1.165) is 12.1 Å². The molecule has 2 unspecified atom stereocenters. The van der Waals surface area contributed by atoms with E-state index in [1.165, 1.54) is 12.1 Å². The summed E-state index contributed by atoms with van der Waals surface area (Å²) in [5.74, 6) is -0.813. The summed E-state index contributed by atoms with van der Waals surface area (Å²) in [6.07, 6.45) is 0. The van der Waals surface area contributed by atoms with Crippen molar-refractivity contribution in [3.8, 4) is 0 Å². The highest BCUT2D eigenvalue weighted by Crippen LogP contribution is 2.22. The lowest BCUT2D eigenvalue weighted by molar-refractivity contribution is 0.407. The van der Waals surface area contributed by atoms with Gasteiger partial charge in [-0.2, -0.15) is 0 Å². The van der Waals surface area contributed by atoms with Gasteiger partial charge in [-0.25, -0.2) is 13.0 Å². The van der Waals surface area contributed by atoms with Gasteiger partial charge in [-0.05, 0) is 6.07 Å². The van der Waals surface area contributed by atoms with E-state index in [-0.39, 0.29) is 0 Å². The van der Waals surface area contributed by atoms with Crippen LogP contribution >= 0.6 is 0 Å². The van der Waals surface area contributed by atoms with Crippen LogP contribution in [0.4, 0.5) is 8.78 Å². The summed E-state index contributed by atoms with van der Waals surface area (Å²) in [6.45, 7) is 0. The van der Waals surface area contributed by atoms with Crippen LogP contribution in [0.25, 0.3) is 0 Å². The monoisotopic (exact) mass is 192 g/mol. The summed E-state index contributed by atoms with van der Waals surface area (Å²) in [4.78, 5) is 0. The Morgan fingerprint density at radius 2 is 2.00 bits per heavy atom. The minimum absolute atomic E-state index is 0.390. The van der Waals surface area contributed by atoms with E-state index in [1.54, 1.807) is 0 Å². The van der Waals surface area contributed by atoms with Crippen LogP contribution in [0.15, 0.2) is 24.3 Å². The fraction of sp³-hybridized carbons (Fsp3) is 0.143. The first-order chi connectivity index (χ1) is 5.63. The molecule has 0 aliphatic carbocycles. The summed E-state index contributed by atoms with van der Waals surface area (Å²) in [5.41, 5.74) is -2.57. The van der Waals surface area contributed by atoms with Gasteiger partial charge in [-0.1, -0.05) is 18.2 Å². The van der Waals surface area contributed by atoms with Crippen LogP contribution < -0.4 is 0 Å². The third-order valence-corrected chi connectivity index (χ3v) is 1.93. The molecule has 0 radical (unpaired) electrons. The van der Waals surface area contributed by atoms with Crippen molar-refractivity contribution in [1.29, 1.82) is 0 Å². The number of alkyl halides is 1. The van der Waals surface area contributed by atoms with E-state index in [2.05, 4.69) is 0 Å². The van der Waals surface area contributed by atoms with Crippen molar-refractivity contribution in [3.63, 3.8) is 0 Å². The predicted octanol–water partition coefficient (Wildman–Crippen LogP) is 2.02. The Hall–Kier alpha value is -0.810. The van der Waals surface area contributed by atoms with Gasteiger partial charge in [0.15, 0.2) is 11.1 Å². The van der Waals surface area contributed by atoms with Crippen molar-refractivity contribution in [2.24, 2.45) is 0 Å². The number of benzene rings is 1. The van der Waals surface area contributed by atoms with Gasteiger partial charge in [-0.15, -0.1) is 0 Å². The maximum absolute atomic E-state index is 12.7. The van der Waals surface area contributed by atoms with Crippen molar-refractivity contribution >= 4 is 11.1 Å². The molecular formula is C7H6F2O2S. The number of rotatable bonds is 2. The maximum atomic E-state index is 12.7. The molecule has 66 valence electrons. The van der Waals surface area contributed by atoms with Crippen LogP contribution in [0.2, 0.25) is 0 Å². The third kappa shape index (κ3) is 1.86. The fourth-order valence-electron chi connectivity index (χ4n) is 0.768. The molecular weight excluding hydrogens is 186 g/mol. The van der Waals surface area contributed by atoms with Gasteiger partial charge in [0.05, 0.1) is 0 Å². The lowest BCUT2D eigenvalue weighted by atomic mass is 10.2. The average molecular weight is 192 g/mol. The highest BCUT2D eigenvalue weighted by molar-refractivity contribution is 7.79. The molecule has 1 aromatic carbocycles. The molecule has 0 saturated carbocycles. The standard InChI is InChI=1S/C7H6F2O2S/c8-6-4-2-1-3-5(6)7(9)12(10)11/h1-4,7H,(H,10,11). The summed E-state index contributed by atoms with van der Waals surface area (Å²) in [5, 5.41) is 0. The molecule has 2 atom stereocenters. The second kappa shape index (κ2) is 3.73. The highest BCUT2D eigenvalue weighted by Gasteiger charge is 2.19. The Labute approximate surface area is 70.5 Å². The zero-order valence-electron chi connectivity index (χ0n) is 5.91. The first-order valence-corrected chi connectivity index (χ1v) is 4.28. The summed E-state index contributed by atoms with van der Waals surface area (Å²) in [7, 11) is 0. The normalized spacial score (nSPS) is 15.6. The zero-order valence-corrected chi connectivity index (χ0v) is 6.72. The van der Waals surface area contributed by atoms with Crippen LogP contribution in [0.5, 0.6) is 0 Å². The van der Waals surface area contributed by atoms with Gasteiger partial charge in [0.1, 0.15) is 5.82 Å². The van der Waals surface area contributed by atoms with Crippen LogP contribution in [-0.2, 0) is 11.1 Å². The molecule has 0 amide bonds. The minimum atomic E-state index is -2.68. The van der Waals surface area contributed by atoms with Crippen molar-refractivity contribution < 1.29 is 17.5 Å². The Morgan fingerprint density at radius 1 is 1.42 bits per heavy atom. The Kier molecular flexibility index (Phi) is 2.88. The summed E-state index contributed by atoms with van der Waals surface area (Å²) in [6, 6.07) is 4.95. The second-order valence-electron chi connectivity index (χ2n) is 2.11. The van der Waals surface area contributed by atoms with Crippen LogP contribution in [0, 0.1) is 5.82 Å². The zero-order chi connectivity index (χ0) is 9.14. The van der Waals surface area contributed by atoms with Crippen molar-refractivity contribution in [2.45, 2.75) is 5.50 Å². The van der Waals surface area contributed by atoms with E-state index in [4.69, 9.17) is 4.55 Å². The number of hydrogen-bond acceptors (Lipinski definition) is 1.